The molecular weight excluding hydrogens is 420 g/mol. The summed E-state index contributed by atoms with van der Waals surface area (Å²) in [6.45, 7) is 0.265. The Kier molecular flexibility index (Phi) is 7.48. The molecule has 2 heterocycles. The number of piperidine rings is 1. The van der Waals surface area contributed by atoms with E-state index in [9.17, 15) is 41.1 Å². The number of hydrogen-bond acceptors (Lipinski definition) is 4. The molecule has 1 atom stereocenters. The van der Waals surface area contributed by atoms with E-state index in [1.165, 1.54) is 18.2 Å². The van der Waals surface area contributed by atoms with Crippen molar-refractivity contribution in [3.63, 3.8) is 0 Å². The van der Waals surface area contributed by atoms with Crippen molar-refractivity contribution in [3.8, 4) is 0 Å². The van der Waals surface area contributed by atoms with Gasteiger partial charge in [-0.3, -0.25) is 9.59 Å². The Morgan fingerprint density at radius 3 is 2.43 bits per heavy atom. The van der Waals surface area contributed by atoms with Crippen LogP contribution in [0.4, 0.5) is 26.3 Å². The molecule has 1 aliphatic rings. The van der Waals surface area contributed by atoms with E-state index in [0.29, 0.717) is 19.0 Å². The van der Waals surface area contributed by atoms with Crippen LogP contribution < -0.4 is 10.9 Å². The minimum absolute atomic E-state index is 0.00426. The third-order valence-electron chi connectivity index (χ3n) is 4.41. The normalized spacial score (nSPS) is 17.9. The van der Waals surface area contributed by atoms with Gasteiger partial charge in [0.15, 0.2) is 0 Å². The SMILES string of the molecule is O=C(NCC1CCCCN1O)C(F)(F)F.O=c1cc(C(F)(F)F)c2ccccc2[nH]1. The molecule has 1 unspecified atom stereocenters. The van der Waals surface area contributed by atoms with Crippen molar-refractivity contribution in [2.75, 3.05) is 13.1 Å². The molecule has 0 spiro atoms. The zero-order chi connectivity index (χ0) is 22.5. The number of hydrogen-bond donors (Lipinski definition) is 3. The fourth-order valence-corrected chi connectivity index (χ4v) is 2.94. The lowest BCUT2D eigenvalue weighted by atomic mass is 10.0. The van der Waals surface area contributed by atoms with Crippen LogP contribution in [0.1, 0.15) is 24.8 Å². The molecule has 166 valence electrons. The summed E-state index contributed by atoms with van der Waals surface area (Å²) in [5, 5.41) is 12.0. The van der Waals surface area contributed by atoms with Gasteiger partial charge in [-0.05, 0) is 18.9 Å². The minimum Gasteiger partial charge on any atom is -0.347 e. The smallest absolute Gasteiger partial charge is 0.347 e. The van der Waals surface area contributed by atoms with Crippen LogP contribution in [-0.2, 0) is 11.0 Å². The maximum Gasteiger partial charge on any atom is 0.471 e. The number of alkyl halides is 6. The molecule has 1 aliphatic heterocycles. The summed E-state index contributed by atoms with van der Waals surface area (Å²) in [6, 6.07) is 5.99. The van der Waals surface area contributed by atoms with Gasteiger partial charge < -0.3 is 15.5 Å². The molecule has 1 aromatic carbocycles. The highest BCUT2D eigenvalue weighted by molar-refractivity contribution is 5.82. The molecular formula is C18H19F6N3O3. The van der Waals surface area contributed by atoms with Gasteiger partial charge in [0.2, 0.25) is 5.56 Å². The molecule has 0 radical (unpaired) electrons. The first-order chi connectivity index (χ1) is 13.9. The van der Waals surface area contributed by atoms with Crippen molar-refractivity contribution < 1.29 is 36.3 Å². The van der Waals surface area contributed by atoms with Gasteiger partial charge in [-0.2, -0.15) is 31.4 Å². The second kappa shape index (κ2) is 9.47. The van der Waals surface area contributed by atoms with Crippen LogP contribution in [0.25, 0.3) is 10.9 Å². The van der Waals surface area contributed by atoms with Crippen LogP contribution in [0.2, 0.25) is 0 Å². The van der Waals surface area contributed by atoms with Crippen molar-refractivity contribution in [2.24, 2.45) is 0 Å². The first kappa shape index (κ1) is 23.7. The second-order valence-corrected chi connectivity index (χ2v) is 6.61. The first-order valence-corrected chi connectivity index (χ1v) is 8.89. The van der Waals surface area contributed by atoms with E-state index in [0.717, 1.165) is 17.9 Å². The van der Waals surface area contributed by atoms with Crippen molar-refractivity contribution in [3.05, 3.63) is 46.2 Å². The number of aromatic amines is 1. The molecule has 30 heavy (non-hydrogen) atoms. The lowest BCUT2D eigenvalue weighted by Crippen LogP contribution is -2.47. The first-order valence-electron chi connectivity index (χ1n) is 8.89. The summed E-state index contributed by atoms with van der Waals surface area (Å²) in [5.41, 5.74) is -1.46. The van der Waals surface area contributed by atoms with E-state index < -0.39 is 35.4 Å². The Labute approximate surface area is 166 Å². The summed E-state index contributed by atoms with van der Waals surface area (Å²) >= 11 is 0. The number of halogens is 6. The number of rotatable bonds is 2. The van der Waals surface area contributed by atoms with E-state index in [2.05, 4.69) is 4.98 Å². The van der Waals surface area contributed by atoms with Gasteiger partial charge in [0.1, 0.15) is 0 Å². The average molecular weight is 439 g/mol. The Morgan fingerprint density at radius 1 is 1.17 bits per heavy atom. The fourth-order valence-electron chi connectivity index (χ4n) is 2.94. The third-order valence-corrected chi connectivity index (χ3v) is 4.41. The molecule has 6 nitrogen and oxygen atoms in total. The highest BCUT2D eigenvalue weighted by Gasteiger charge is 2.39. The molecule has 1 fully saturated rings. The number of amides is 1. The highest BCUT2D eigenvalue weighted by Crippen LogP contribution is 2.32. The number of fused-ring (bicyclic) bond motifs is 1. The van der Waals surface area contributed by atoms with Crippen molar-refractivity contribution in [1.82, 2.24) is 15.4 Å². The zero-order valence-electron chi connectivity index (χ0n) is 15.5. The van der Waals surface area contributed by atoms with Gasteiger partial charge in [0, 0.05) is 30.1 Å². The van der Waals surface area contributed by atoms with Gasteiger partial charge in [-0.15, -0.1) is 0 Å². The van der Waals surface area contributed by atoms with Crippen LogP contribution in [0.5, 0.6) is 0 Å². The van der Waals surface area contributed by atoms with E-state index in [1.54, 1.807) is 11.4 Å². The quantitative estimate of drug-likeness (QED) is 0.626. The van der Waals surface area contributed by atoms with Gasteiger partial charge >= 0.3 is 18.3 Å². The number of nitrogens with zero attached hydrogens (tertiary/aromatic N) is 1. The van der Waals surface area contributed by atoms with Crippen molar-refractivity contribution in [1.29, 1.82) is 0 Å². The number of hydroxylamine groups is 2. The second-order valence-electron chi connectivity index (χ2n) is 6.61. The van der Waals surface area contributed by atoms with Crippen LogP contribution >= 0.6 is 0 Å². The maximum atomic E-state index is 12.5. The summed E-state index contributed by atoms with van der Waals surface area (Å²) in [4.78, 5) is 23.8. The van der Waals surface area contributed by atoms with Crippen molar-refractivity contribution in [2.45, 2.75) is 37.7 Å². The maximum absolute atomic E-state index is 12.5. The van der Waals surface area contributed by atoms with Crippen molar-refractivity contribution >= 4 is 16.8 Å². The number of para-hydroxylation sites is 1. The summed E-state index contributed by atoms with van der Waals surface area (Å²) in [6.07, 6.45) is -7.10. The minimum atomic E-state index is -4.85. The Morgan fingerprint density at radius 2 is 1.83 bits per heavy atom. The van der Waals surface area contributed by atoms with E-state index >= 15 is 0 Å². The van der Waals surface area contributed by atoms with Crippen LogP contribution in [0.15, 0.2) is 35.1 Å². The molecule has 0 saturated carbocycles. The lowest BCUT2D eigenvalue weighted by Gasteiger charge is -2.30. The summed E-state index contributed by atoms with van der Waals surface area (Å²) in [7, 11) is 0. The van der Waals surface area contributed by atoms with Gasteiger partial charge in [0.25, 0.3) is 0 Å². The monoisotopic (exact) mass is 439 g/mol. The molecule has 3 N–H and O–H groups in total. The molecule has 3 rings (SSSR count). The standard InChI is InChI=1S/C10H6F3NO.C8H13F3N2O2/c11-10(12,13)7-5-9(15)14-8-4-2-1-3-6(7)8;9-8(10,11)7(14)12-5-6-3-1-2-4-13(6)15/h1-5H,(H,14,15);6,15H,1-5H2,(H,12,14). The Bertz CT molecular complexity index is 926. The number of H-pyrrole nitrogens is 1. The van der Waals surface area contributed by atoms with E-state index in [4.69, 9.17) is 0 Å². The lowest BCUT2D eigenvalue weighted by molar-refractivity contribution is -0.176. The number of aromatic nitrogens is 1. The van der Waals surface area contributed by atoms with Crippen LogP contribution in [-0.4, -0.2) is 46.5 Å². The molecule has 12 heteroatoms. The topological polar surface area (TPSA) is 85.4 Å². The predicted octanol–water partition coefficient (Wildman–Crippen LogP) is 3.46. The number of benzene rings is 1. The van der Waals surface area contributed by atoms with Crippen LogP contribution in [0.3, 0.4) is 0 Å². The van der Waals surface area contributed by atoms with Gasteiger partial charge in [-0.25, -0.2) is 0 Å². The molecule has 1 saturated heterocycles. The average Bonchev–Trinajstić information content (AvgIpc) is 2.65. The fraction of sp³-hybridized carbons (Fsp3) is 0.444. The van der Waals surface area contributed by atoms with Crippen LogP contribution in [0, 0.1) is 0 Å². The number of nitrogens with one attached hydrogen (secondary N) is 2. The number of carbonyl (C=O) groups excluding carboxylic acids is 1. The zero-order valence-corrected chi connectivity index (χ0v) is 15.5. The summed E-state index contributed by atoms with van der Waals surface area (Å²) < 4.78 is 73.1. The van der Waals surface area contributed by atoms with Gasteiger partial charge in [0.05, 0.1) is 11.6 Å². The van der Waals surface area contributed by atoms with E-state index in [1.807, 2.05) is 0 Å². The Balaban J connectivity index is 0.000000214. The number of pyridine rings is 1. The van der Waals surface area contributed by atoms with E-state index in [-0.39, 0.29) is 17.4 Å². The predicted molar refractivity (Wildman–Crippen MR) is 94.8 cm³/mol. The highest BCUT2D eigenvalue weighted by atomic mass is 19.4. The molecule has 0 bridgehead atoms. The molecule has 0 aliphatic carbocycles. The molecule has 2 aromatic rings. The summed E-state index contributed by atoms with van der Waals surface area (Å²) in [5.74, 6) is -1.96. The largest absolute Gasteiger partial charge is 0.471 e. The molecule has 1 aromatic heterocycles. The number of carbonyl (C=O) groups is 1. The van der Waals surface area contributed by atoms with Gasteiger partial charge in [-0.1, -0.05) is 24.6 Å². The Hall–Kier alpha value is -2.60. The third kappa shape index (κ3) is 6.46. The molecule has 1 amide bonds.